The molecule has 22 heavy (non-hydrogen) atoms. The van der Waals surface area contributed by atoms with Gasteiger partial charge < -0.3 is 5.11 Å². The summed E-state index contributed by atoms with van der Waals surface area (Å²) < 4.78 is 40.5. The Morgan fingerprint density at radius 2 is 1.73 bits per heavy atom. The van der Waals surface area contributed by atoms with Crippen LogP contribution >= 0.6 is 11.6 Å². The third kappa shape index (κ3) is 2.65. The number of alkyl halides is 3. The van der Waals surface area contributed by atoms with E-state index in [2.05, 4.69) is 0 Å². The Labute approximate surface area is 127 Å². The number of non-ortho nitro benzene ring substituents is 1. The summed E-state index contributed by atoms with van der Waals surface area (Å²) in [5, 5.41) is 20.8. The van der Waals surface area contributed by atoms with Crippen molar-refractivity contribution in [3.63, 3.8) is 0 Å². The van der Waals surface area contributed by atoms with E-state index in [1.807, 2.05) is 0 Å². The van der Waals surface area contributed by atoms with Gasteiger partial charge in [-0.15, -0.1) is 0 Å². The van der Waals surface area contributed by atoms with Gasteiger partial charge in [0.05, 0.1) is 4.92 Å². The van der Waals surface area contributed by atoms with Crippen LogP contribution < -0.4 is 0 Å². The second-order valence-electron chi connectivity index (χ2n) is 4.50. The minimum absolute atomic E-state index is 0.297. The number of hydrogen-bond acceptors (Lipinski definition) is 3. The molecule has 0 aliphatic heterocycles. The van der Waals surface area contributed by atoms with E-state index >= 15 is 0 Å². The molecule has 1 atom stereocenters. The third-order valence-corrected chi connectivity index (χ3v) is 3.48. The SMILES string of the molecule is O=[N+]([O-])c1cccc(C(O)(c2ccccc2Cl)C(F)(F)F)c1. The predicted molar refractivity (Wildman–Crippen MR) is 73.6 cm³/mol. The van der Waals surface area contributed by atoms with E-state index in [9.17, 15) is 28.4 Å². The highest BCUT2D eigenvalue weighted by molar-refractivity contribution is 6.31. The van der Waals surface area contributed by atoms with Crippen molar-refractivity contribution in [2.45, 2.75) is 11.8 Å². The van der Waals surface area contributed by atoms with Gasteiger partial charge in [0.2, 0.25) is 5.60 Å². The maximum absolute atomic E-state index is 13.5. The van der Waals surface area contributed by atoms with Crippen LogP contribution in [0, 0.1) is 10.1 Å². The first-order chi connectivity index (χ1) is 10.2. The fourth-order valence-electron chi connectivity index (χ4n) is 2.07. The average Bonchev–Trinajstić information content (AvgIpc) is 2.46. The molecule has 2 aromatic rings. The zero-order valence-electron chi connectivity index (χ0n) is 10.8. The Hall–Kier alpha value is -2.12. The maximum atomic E-state index is 13.5. The highest BCUT2D eigenvalue weighted by Crippen LogP contribution is 2.46. The number of rotatable bonds is 3. The molecule has 1 N–H and O–H groups in total. The Bertz CT molecular complexity index is 720. The first-order valence-electron chi connectivity index (χ1n) is 5.97. The molecule has 116 valence electrons. The highest BCUT2D eigenvalue weighted by Gasteiger charge is 2.57. The van der Waals surface area contributed by atoms with E-state index in [1.165, 1.54) is 18.2 Å². The summed E-state index contributed by atoms with van der Waals surface area (Å²) >= 11 is 5.77. The number of hydrogen-bond donors (Lipinski definition) is 1. The van der Waals surface area contributed by atoms with Crippen LogP contribution in [0.1, 0.15) is 11.1 Å². The second kappa shape index (κ2) is 5.58. The Balaban J connectivity index is 2.74. The number of nitrogens with zero attached hydrogens (tertiary/aromatic N) is 1. The number of halogens is 4. The highest BCUT2D eigenvalue weighted by atomic mass is 35.5. The van der Waals surface area contributed by atoms with Gasteiger partial charge in [0.15, 0.2) is 0 Å². The fraction of sp³-hybridized carbons (Fsp3) is 0.143. The molecule has 0 aromatic heterocycles. The molecule has 0 amide bonds. The standard InChI is InChI=1S/C14H9ClF3NO3/c15-12-7-2-1-6-11(12)13(20,14(16,17)18)9-4-3-5-10(8-9)19(21)22/h1-8,20H. The maximum Gasteiger partial charge on any atom is 0.425 e. The van der Waals surface area contributed by atoms with Crippen molar-refractivity contribution in [3.8, 4) is 0 Å². The van der Waals surface area contributed by atoms with Gasteiger partial charge in [-0.05, 0) is 6.07 Å². The van der Waals surface area contributed by atoms with Gasteiger partial charge in [0.1, 0.15) is 0 Å². The van der Waals surface area contributed by atoms with E-state index in [0.717, 1.165) is 24.3 Å². The van der Waals surface area contributed by atoms with Gasteiger partial charge in [-0.3, -0.25) is 10.1 Å². The Kier molecular flexibility index (Phi) is 4.12. The van der Waals surface area contributed by atoms with Gasteiger partial charge in [-0.25, -0.2) is 0 Å². The lowest BCUT2D eigenvalue weighted by Gasteiger charge is -2.32. The smallest absolute Gasteiger partial charge is 0.372 e. The molecule has 0 aliphatic rings. The van der Waals surface area contributed by atoms with Crippen LogP contribution in [-0.4, -0.2) is 16.2 Å². The van der Waals surface area contributed by atoms with Gasteiger partial charge >= 0.3 is 6.18 Å². The van der Waals surface area contributed by atoms with Crippen LogP contribution in [0.25, 0.3) is 0 Å². The van der Waals surface area contributed by atoms with Crippen molar-refractivity contribution < 1.29 is 23.2 Å². The monoisotopic (exact) mass is 331 g/mol. The van der Waals surface area contributed by atoms with E-state index in [0.29, 0.717) is 6.07 Å². The van der Waals surface area contributed by atoms with Crippen LogP contribution in [0.2, 0.25) is 5.02 Å². The van der Waals surface area contributed by atoms with E-state index in [4.69, 9.17) is 11.6 Å². The Morgan fingerprint density at radius 3 is 2.27 bits per heavy atom. The molecule has 0 saturated heterocycles. The van der Waals surface area contributed by atoms with Gasteiger partial charge in [-0.1, -0.05) is 41.9 Å². The second-order valence-corrected chi connectivity index (χ2v) is 4.90. The number of benzene rings is 2. The number of nitro benzene ring substituents is 1. The molecule has 0 aliphatic carbocycles. The summed E-state index contributed by atoms with van der Waals surface area (Å²) in [4.78, 5) is 9.91. The van der Waals surface area contributed by atoms with Crippen molar-refractivity contribution in [1.82, 2.24) is 0 Å². The molecule has 8 heteroatoms. The molecular weight excluding hydrogens is 323 g/mol. The molecule has 0 saturated carbocycles. The lowest BCUT2D eigenvalue weighted by Crippen LogP contribution is -2.43. The molecular formula is C14H9ClF3NO3. The Morgan fingerprint density at radius 1 is 1.09 bits per heavy atom. The minimum Gasteiger partial charge on any atom is -0.372 e. The quantitative estimate of drug-likeness (QED) is 0.681. The molecule has 0 radical (unpaired) electrons. The normalized spacial score (nSPS) is 14.4. The lowest BCUT2D eigenvalue weighted by atomic mass is 9.85. The predicted octanol–water partition coefficient (Wildman–Crippen LogP) is 4.05. The summed E-state index contributed by atoms with van der Waals surface area (Å²) in [5.74, 6) is 0. The van der Waals surface area contributed by atoms with Gasteiger partial charge in [-0.2, -0.15) is 13.2 Å². The summed E-state index contributed by atoms with van der Waals surface area (Å²) in [6.07, 6.45) is -5.12. The number of nitro groups is 1. The van der Waals surface area contributed by atoms with Crippen LogP contribution in [0.15, 0.2) is 48.5 Å². The van der Waals surface area contributed by atoms with Crippen LogP contribution in [-0.2, 0) is 5.60 Å². The molecule has 4 nitrogen and oxygen atoms in total. The molecule has 0 fully saturated rings. The van der Waals surface area contributed by atoms with Gasteiger partial charge in [0, 0.05) is 28.3 Å². The first kappa shape index (κ1) is 16.3. The summed E-state index contributed by atoms with van der Waals surface area (Å²) in [7, 11) is 0. The van der Waals surface area contributed by atoms with E-state index < -0.39 is 33.5 Å². The van der Waals surface area contributed by atoms with Gasteiger partial charge in [0.25, 0.3) is 5.69 Å². The van der Waals surface area contributed by atoms with Crippen molar-refractivity contribution in [3.05, 3.63) is 74.8 Å². The molecule has 2 aromatic carbocycles. The summed E-state index contributed by atoms with van der Waals surface area (Å²) in [5.41, 5.74) is -5.28. The summed E-state index contributed by atoms with van der Waals surface area (Å²) in [6.45, 7) is 0. The lowest BCUT2D eigenvalue weighted by molar-refractivity contribution is -0.385. The average molecular weight is 332 g/mol. The number of aliphatic hydroxyl groups is 1. The fourth-order valence-corrected chi connectivity index (χ4v) is 2.34. The third-order valence-electron chi connectivity index (χ3n) is 3.15. The first-order valence-corrected chi connectivity index (χ1v) is 6.34. The zero-order chi connectivity index (χ0) is 16.5. The zero-order valence-corrected chi connectivity index (χ0v) is 11.6. The molecule has 1 unspecified atom stereocenters. The molecule has 2 rings (SSSR count). The van der Waals surface area contributed by atoms with Crippen molar-refractivity contribution in [2.75, 3.05) is 0 Å². The van der Waals surface area contributed by atoms with E-state index in [-0.39, 0.29) is 5.02 Å². The topological polar surface area (TPSA) is 63.4 Å². The summed E-state index contributed by atoms with van der Waals surface area (Å²) in [6, 6.07) is 8.67. The van der Waals surface area contributed by atoms with Crippen molar-refractivity contribution >= 4 is 17.3 Å². The largest absolute Gasteiger partial charge is 0.425 e. The van der Waals surface area contributed by atoms with Crippen molar-refractivity contribution in [2.24, 2.45) is 0 Å². The van der Waals surface area contributed by atoms with Crippen LogP contribution in [0.4, 0.5) is 18.9 Å². The molecule has 0 spiro atoms. The van der Waals surface area contributed by atoms with Crippen LogP contribution in [0.3, 0.4) is 0 Å². The van der Waals surface area contributed by atoms with Crippen LogP contribution in [0.5, 0.6) is 0 Å². The minimum atomic E-state index is -5.12. The van der Waals surface area contributed by atoms with E-state index in [1.54, 1.807) is 0 Å². The molecule has 0 heterocycles. The van der Waals surface area contributed by atoms with Crippen molar-refractivity contribution in [1.29, 1.82) is 0 Å². The molecule has 0 bridgehead atoms.